The van der Waals surface area contributed by atoms with E-state index >= 15 is 0 Å². The molecule has 0 aliphatic heterocycles. The highest BCUT2D eigenvalue weighted by molar-refractivity contribution is 6.01. The fraction of sp³-hybridized carbons (Fsp3) is 0.0500. The van der Waals surface area contributed by atoms with Crippen molar-refractivity contribution in [3.63, 3.8) is 0 Å². The smallest absolute Gasteiger partial charge is 0.325 e. The summed E-state index contributed by atoms with van der Waals surface area (Å²) in [5, 5.41) is 4.45. The summed E-state index contributed by atoms with van der Waals surface area (Å²) in [5.74, 6) is -1.49. The number of nitrogens with one attached hydrogen (secondary N) is 2. The van der Waals surface area contributed by atoms with E-state index in [0.29, 0.717) is 5.56 Å². The molecule has 1 aromatic heterocycles. The number of amides is 3. The molecule has 0 spiro atoms. The number of ether oxygens (including phenoxy) is 1. The van der Waals surface area contributed by atoms with Crippen LogP contribution in [0.3, 0.4) is 0 Å². The molecule has 0 atom stereocenters. The van der Waals surface area contributed by atoms with Crippen molar-refractivity contribution in [3.8, 4) is 11.5 Å². The van der Waals surface area contributed by atoms with E-state index in [2.05, 4.69) is 15.6 Å². The third-order valence-electron chi connectivity index (χ3n) is 3.79. The summed E-state index contributed by atoms with van der Waals surface area (Å²) < 4.78 is 32.6. The Morgan fingerprint density at radius 2 is 1.61 bits per heavy atom. The molecule has 8 nitrogen and oxygen atoms in total. The number of benzene rings is 2. The third-order valence-corrected chi connectivity index (χ3v) is 3.79. The first-order valence-electron chi connectivity index (χ1n) is 8.64. The van der Waals surface area contributed by atoms with Crippen LogP contribution in [-0.2, 0) is 11.2 Å². The number of halogens is 3. The second-order valence-electron chi connectivity index (χ2n) is 6.21. The summed E-state index contributed by atoms with van der Waals surface area (Å²) in [6.45, 7) is 0. The highest BCUT2D eigenvalue weighted by atomic mass is 35.5. The quantitative estimate of drug-likeness (QED) is 0.470. The highest BCUT2D eigenvalue weighted by Gasteiger charge is 2.12. The van der Waals surface area contributed by atoms with Gasteiger partial charge in [-0.1, -0.05) is 12.1 Å². The molecule has 3 amide bonds. The first-order chi connectivity index (χ1) is 14.3. The number of nitrogens with zero attached hydrogens (tertiary/aromatic N) is 1. The van der Waals surface area contributed by atoms with E-state index in [1.54, 1.807) is 0 Å². The number of nitrogen functional groups attached to an aromatic ring is 2. The Balaban J connectivity index is 0.00000341. The molecule has 2 aromatic carbocycles. The Bertz CT molecular complexity index is 1080. The average Bonchev–Trinajstić information content (AvgIpc) is 2.65. The molecular weight excluding hydrogens is 432 g/mol. The van der Waals surface area contributed by atoms with E-state index < -0.39 is 23.6 Å². The molecule has 3 rings (SSSR count). The van der Waals surface area contributed by atoms with E-state index in [0.717, 1.165) is 6.07 Å². The molecule has 0 unspecified atom stereocenters. The molecule has 6 N–H and O–H groups in total. The van der Waals surface area contributed by atoms with E-state index in [9.17, 15) is 18.4 Å². The zero-order valence-corrected chi connectivity index (χ0v) is 16.7. The minimum atomic E-state index is -0.843. The largest absolute Gasteiger partial charge is 0.454 e. The lowest BCUT2D eigenvalue weighted by atomic mass is 10.1. The Kier molecular flexibility index (Phi) is 7.70. The second-order valence-corrected chi connectivity index (χ2v) is 6.21. The summed E-state index contributed by atoms with van der Waals surface area (Å²) in [5.41, 5.74) is 11.8. The standard InChI is InChI=1S/C20H17F2N5O3.ClH/c21-12-3-1-11(2-4-12)7-19(28)27-20(29)25-13-5-6-16(15(22)8-13)30-14-9-17(23)26-18(24)10-14;/h1-6,8-10H,7H2,(H4,23,24,26)(H2,25,27,28,29);1H. The normalized spacial score (nSPS) is 10.0. The molecule has 0 bridgehead atoms. The summed E-state index contributed by atoms with van der Waals surface area (Å²) >= 11 is 0. The summed E-state index contributed by atoms with van der Waals surface area (Å²) in [7, 11) is 0. The highest BCUT2D eigenvalue weighted by Crippen LogP contribution is 2.28. The molecule has 3 aromatic rings. The van der Waals surface area contributed by atoms with E-state index in [1.165, 1.54) is 48.5 Å². The van der Waals surface area contributed by atoms with Gasteiger partial charge in [0.2, 0.25) is 5.91 Å². The number of hydrogen-bond donors (Lipinski definition) is 4. The van der Waals surface area contributed by atoms with Crippen LogP contribution >= 0.6 is 12.4 Å². The molecule has 0 aliphatic carbocycles. The number of pyridine rings is 1. The Labute approximate surface area is 182 Å². The molecule has 162 valence electrons. The van der Waals surface area contributed by atoms with Gasteiger partial charge in [0.15, 0.2) is 11.6 Å². The number of carbonyl (C=O) groups excluding carboxylic acids is 2. The van der Waals surface area contributed by atoms with E-state index in [1.807, 2.05) is 0 Å². The Hall–Kier alpha value is -3.92. The molecule has 0 saturated heterocycles. The molecular formula is C20H18ClF2N5O3. The topological polar surface area (TPSA) is 132 Å². The lowest BCUT2D eigenvalue weighted by Gasteiger charge is -2.10. The zero-order valence-electron chi connectivity index (χ0n) is 15.9. The fourth-order valence-electron chi connectivity index (χ4n) is 2.51. The van der Waals surface area contributed by atoms with Crippen molar-refractivity contribution in [1.29, 1.82) is 0 Å². The molecule has 0 radical (unpaired) electrons. The van der Waals surface area contributed by atoms with Crippen LogP contribution < -0.4 is 26.8 Å². The minimum absolute atomic E-state index is 0. The van der Waals surface area contributed by atoms with Crippen LogP contribution in [0.2, 0.25) is 0 Å². The number of nitrogens with two attached hydrogens (primary N) is 2. The van der Waals surface area contributed by atoms with Gasteiger partial charge in [0.25, 0.3) is 0 Å². The number of rotatable bonds is 5. The number of aromatic nitrogens is 1. The molecule has 1 heterocycles. The number of imide groups is 1. The Morgan fingerprint density at radius 1 is 0.968 bits per heavy atom. The predicted octanol–water partition coefficient (Wildman–Crippen LogP) is 3.63. The van der Waals surface area contributed by atoms with Gasteiger partial charge in [-0.2, -0.15) is 0 Å². The van der Waals surface area contributed by atoms with Gasteiger partial charge >= 0.3 is 6.03 Å². The maximum absolute atomic E-state index is 14.3. The van der Waals surface area contributed by atoms with Gasteiger partial charge in [0, 0.05) is 23.9 Å². The van der Waals surface area contributed by atoms with Crippen molar-refractivity contribution in [2.75, 3.05) is 16.8 Å². The first-order valence-corrected chi connectivity index (χ1v) is 8.64. The monoisotopic (exact) mass is 449 g/mol. The maximum atomic E-state index is 14.3. The SMILES string of the molecule is Cl.Nc1cc(Oc2ccc(NC(=O)NC(=O)Cc3ccc(F)cc3)cc2F)cc(N)n1. The van der Waals surface area contributed by atoms with Crippen molar-refractivity contribution in [2.45, 2.75) is 6.42 Å². The van der Waals surface area contributed by atoms with Crippen LogP contribution in [0.5, 0.6) is 11.5 Å². The minimum Gasteiger partial charge on any atom is -0.454 e. The zero-order chi connectivity index (χ0) is 21.7. The first kappa shape index (κ1) is 23.4. The number of carbonyl (C=O) groups is 2. The fourth-order valence-corrected chi connectivity index (χ4v) is 2.51. The van der Waals surface area contributed by atoms with Gasteiger partial charge in [-0.15, -0.1) is 12.4 Å². The maximum Gasteiger partial charge on any atom is 0.325 e. The van der Waals surface area contributed by atoms with Crippen molar-refractivity contribution in [2.24, 2.45) is 0 Å². The van der Waals surface area contributed by atoms with E-state index in [4.69, 9.17) is 16.2 Å². The van der Waals surface area contributed by atoms with Crippen molar-refractivity contribution in [1.82, 2.24) is 10.3 Å². The molecule has 0 fully saturated rings. The molecule has 11 heteroatoms. The Morgan fingerprint density at radius 3 is 2.23 bits per heavy atom. The van der Waals surface area contributed by atoms with Gasteiger partial charge in [0.1, 0.15) is 23.2 Å². The number of urea groups is 1. The van der Waals surface area contributed by atoms with Gasteiger partial charge in [-0.3, -0.25) is 10.1 Å². The summed E-state index contributed by atoms with van der Waals surface area (Å²) in [4.78, 5) is 27.6. The van der Waals surface area contributed by atoms with Crippen LogP contribution in [0, 0.1) is 11.6 Å². The van der Waals surface area contributed by atoms with E-state index in [-0.39, 0.29) is 47.6 Å². The summed E-state index contributed by atoms with van der Waals surface area (Å²) in [6, 6.07) is 10.9. The van der Waals surface area contributed by atoms with Gasteiger partial charge in [-0.25, -0.2) is 18.6 Å². The van der Waals surface area contributed by atoms with Crippen molar-refractivity contribution >= 4 is 41.7 Å². The van der Waals surface area contributed by atoms with Crippen LogP contribution in [0.25, 0.3) is 0 Å². The lowest BCUT2D eigenvalue weighted by Crippen LogP contribution is -2.35. The molecule has 0 saturated carbocycles. The second kappa shape index (κ2) is 10.2. The molecule has 31 heavy (non-hydrogen) atoms. The predicted molar refractivity (Wildman–Crippen MR) is 114 cm³/mol. The lowest BCUT2D eigenvalue weighted by molar-refractivity contribution is -0.119. The third kappa shape index (κ3) is 6.82. The van der Waals surface area contributed by atoms with Gasteiger partial charge < -0.3 is 21.5 Å². The van der Waals surface area contributed by atoms with Crippen molar-refractivity contribution < 1.29 is 23.1 Å². The number of anilines is 3. The van der Waals surface area contributed by atoms with Crippen LogP contribution in [-0.4, -0.2) is 16.9 Å². The van der Waals surface area contributed by atoms with Gasteiger partial charge in [-0.05, 0) is 29.8 Å². The van der Waals surface area contributed by atoms with Crippen molar-refractivity contribution in [3.05, 3.63) is 71.8 Å². The van der Waals surface area contributed by atoms with Crippen LogP contribution in [0.1, 0.15) is 5.56 Å². The average molecular weight is 450 g/mol. The molecule has 0 aliphatic rings. The summed E-state index contributed by atoms with van der Waals surface area (Å²) in [6.07, 6.45) is -0.118. The van der Waals surface area contributed by atoms with Gasteiger partial charge in [0.05, 0.1) is 6.42 Å². The van der Waals surface area contributed by atoms with Crippen LogP contribution in [0.4, 0.5) is 30.9 Å². The van der Waals surface area contributed by atoms with Crippen LogP contribution in [0.15, 0.2) is 54.6 Å². The number of hydrogen-bond acceptors (Lipinski definition) is 6.